The van der Waals surface area contributed by atoms with Gasteiger partial charge < -0.3 is 15.7 Å². The van der Waals surface area contributed by atoms with Crippen LogP contribution < -0.4 is 10.6 Å². The van der Waals surface area contributed by atoms with E-state index in [0.717, 1.165) is 24.1 Å². The Morgan fingerprint density at radius 3 is 2.72 bits per heavy atom. The first-order valence-corrected chi connectivity index (χ1v) is 6.89. The zero-order valence-electron chi connectivity index (χ0n) is 10.1. The highest BCUT2D eigenvalue weighted by Gasteiger charge is 2.26. The lowest BCUT2D eigenvalue weighted by Gasteiger charge is -2.40. The van der Waals surface area contributed by atoms with E-state index in [9.17, 15) is 5.11 Å². The zero-order chi connectivity index (χ0) is 13.1. The first kappa shape index (κ1) is 13.6. The molecule has 0 saturated heterocycles. The Labute approximate surface area is 118 Å². The molecule has 0 aromatic heterocycles. The van der Waals surface area contributed by atoms with Gasteiger partial charge in [-0.2, -0.15) is 0 Å². The van der Waals surface area contributed by atoms with Gasteiger partial charge in [0.25, 0.3) is 0 Å². The number of halogens is 1. The van der Waals surface area contributed by atoms with Gasteiger partial charge in [-0.25, -0.2) is 0 Å². The number of aliphatic hydroxyl groups is 1. The number of thiocarbonyl (C=S) groups is 1. The third kappa shape index (κ3) is 2.76. The normalized spacial score (nSPS) is 15.2. The average Bonchev–Trinajstić information content (AvgIpc) is 2.25. The van der Waals surface area contributed by atoms with Gasteiger partial charge >= 0.3 is 0 Å². The average molecular weight is 285 g/mol. The number of nitrogens with zero attached hydrogens (tertiary/aromatic N) is 1. The minimum atomic E-state index is 0.111. The Hall–Kier alpha value is -0.840. The fourth-order valence-electron chi connectivity index (χ4n) is 2.26. The molecule has 1 saturated carbocycles. The van der Waals surface area contributed by atoms with Crippen molar-refractivity contribution in [3.8, 4) is 0 Å². The molecule has 3 nitrogen and oxygen atoms in total. The lowest BCUT2D eigenvalue weighted by molar-refractivity contribution is 0.283. The van der Waals surface area contributed by atoms with Gasteiger partial charge in [-0.3, -0.25) is 0 Å². The number of hydrogen-bond donors (Lipinski definition) is 2. The van der Waals surface area contributed by atoms with E-state index >= 15 is 0 Å². The number of rotatable bonds is 5. The van der Waals surface area contributed by atoms with Crippen LogP contribution in [0.15, 0.2) is 18.2 Å². The van der Waals surface area contributed by atoms with Crippen LogP contribution in [0, 0.1) is 0 Å². The smallest absolute Gasteiger partial charge is 0.106 e. The van der Waals surface area contributed by atoms with Crippen molar-refractivity contribution in [2.75, 3.05) is 18.1 Å². The second kappa shape index (κ2) is 5.87. The van der Waals surface area contributed by atoms with Gasteiger partial charge in [0.15, 0.2) is 0 Å². The van der Waals surface area contributed by atoms with Crippen molar-refractivity contribution in [2.24, 2.45) is 5.73 Å². The predicted molar refractivity (Wildman–Crippen MR) is 79.4 cm³/mol. The third-order valence-electron chi connectivity index (χ3n) is 3.39. The highest BCUT2D eigenvalue weighted by molar-refractivity contribution is 7.80. The fourth-order valence-corrected chi connectivity index (χ4v) is 2.60. The molecule has 0 aliphatic heterocycles. The Morgan fingerprint density at radius 2 is 2.22 bits per heavy atom. The summed E-state index contributed by atoms with van der Waals surface area (Å²) in [5.74, 6) is 0. The third-order valence-corrected chi connectivity index (χ3v) is 3.85. The summed E-state index contributed by atoms with van der Waals surface area (Å²) in [6.07, 6.45) is 3.52. The molecular formula is C13H17ClN2OS. The first-order chi connectivity index (χ1) is 8.63. The van der Waals surface area contributed by atoms with Crippen molar-refractivity contribution in [3.05, 3.63) is 28.8 Å². The molecule has 0 heterocycles. The molecule has 1 fully saturated rings. The van der Waals surface area contributed by atoms with E-state index in [4.69, 9.17) is 29.6 Å². The molecule has 1 aliphatic carbocycles. The van der Waals surface area contributed by atoms with E-state index in [-0.39, 0.29) is 6.61 Å². The van der Waals surface area contributed by atoms with Crippen molar-refractivity contribution < 1.29 is 5.11 Å². The molecule has 98 valence electrons. The fraction of sp³-hybridized carbons (Fsp3) is 0.462. The first-order valence-electron chi connectivity index (χ1n) is 6.10. The molecule has 3 N–H and O–H groups in total. The van der Waals surface area contributed by atoms with Gasteiger partial charge in [0.05, 0.1) is 6.61 Å². The van der Waals surface area contributed by atoms with Crippen molar-refractivity contribution in [3.63, 3.8) is 0 Å². The Kier molecular flexibility index (Phi) is 4.43. The van der Waals surface area contributed by atoms with E-state index in [1.54, 1.807) is 6.07 Å². The Bertz CT molecular complexity index is 449. The van der Waals surface area contributed by atoms with E-state index < -0.39 is 0 Å². The van der Waals surface area contributed by atoms with Crippen LogP contribution in [-0.4, -0.2) is 29.3 Å². The Morgan fingerprint density at radius 1 is 1.50 bits per heavy atom. The van der Waals surface area contributed by atoms with Gasteiger partial charge in [0, 0.05) is 28.9 Å². The van der Waals surface area contributed by atoms with Crippen LogP contribution in [0.1, 0.15) is 24.8 Å². The van der Waals surface area contributed by atoms with E-state index in [2.05, 4.69) is 4.90 Å². The van der Waals surface area contributed by atoms with Crippen molar-refractivity contribution in [1.82, 2.24) is 0 Å². The monoisotopic (exact) mass is 284 g/mol. The maximum Gasteiger partial charge on any atom is 0.106 e. The molecule has 0 amide bonds. The van der Waals surface area contributed by atoms with Crippen LogP contribution in [-0.2, 0) is 0 Å². The number of anilines is 1. The molecule has 5 heteroatoms. The molecule has 0 spiro atoms. The van der Waals surface area contributed by atoms with Gasteiger partial charge in [-0.15, -0.1) is 0 Å². The van der Waals surface area contributed by atoms with Crippen molar-refractivity contribution >= 4 is 34.5 Å². The summed E-state index contributed by atoms with van der Waals surface area (Å²) >= 11 is 11.1. The number of aliphatic hydroxyl groups excluding tert-OH is 1. The quantitative estimate of drug-likeness (QED) is 0.815. The molecular weight excluding hydrogens is 268 g/mol. The van der Waals surface area contributed by atoms with Gasteiger partial charge in [0.1, 0.15) is 4.99 Å². The van der Waals surface area contributed by atoms with E-state index in [0.29, 0.717) is 22.6 Å². The minimum Gasteiger partial charge on any atom is -0.395 e. The highest BCUT2D eigenvalue weighted by atomic mass is 35.5. The second-order valence-corrected chi connectivity index (χ2v) is 5.40. The largest absolute Gasteiger partial charge is 0.395 e. The number of benzene rings is 1. The second-order valence-electron chi connectivity index (χ2n) is 4.53. The summed E-state index contributed by atoms with van der Waals surface area (Å²) in [4.78, 5) is 2.54. The SMILES string of the molecule is NC(=S)c1ccc(Cl)cc1N(CCO)C1CCC1. The number of hydrogen-bond acceptors (Lipinski definition) is 3. The van der Waals surface area contributed by atoms with E-state index in [1.165, 1.54) is 6.42 Å². The summed E-state index contributed by atoms with van der Waals surface area (Å²) in [6, 6.07) is 5.98. The maximum atomic E-state index is 9.23. The van der Waals surface area contributed by atoms with Crippen LogP contribution in [0.3, 0.4) is 0 Å². The summed E-state index contributed by atoms with van der Waals surface area (Å²) in [6.45, 7) is 0.695. The molecule has 0 atom stereocenters. The lowest BCUT2D eigenvalue weighted by Crippen LogP contribution is -2.42. The maximum absolute atomic E-state index is 9.23. The van der Waals surface area contributed by atoms with Crippen LogP contribution in [0.25, 0.3) is 0 Å². The highest BCUT2D eigenvalue weighted by Crippen LogP contribution is 2.33. The number of nitrogens with two attached hydrogens (primary N) is 1. The van der Waals surface area contributed by atoms with Crippen LogP contribution >= 0.6 is 23.8 Å². The summed E-state index contributed by atoms with van der Waals surface area (Å²) in [7, 11) is 0. The molecule has 18 heavy (non-hydrogen) atoms. The Balaban J connectivity index is 2.37. The van der Waals surface area contributed by atoms with Crippen molar-refractivity contribution in [2.45, 2.75) is 25.3 Å². The standard InChI is InChI=1S/C13H17ClN2OS/c14-9-4-5-11(13(15)18)12(8-9)16(6-7-17)10-2-1-3-10/h4-5,8,10,17H,1-3,6-7H2,(H2,15,18). The van der Waals surface area contributed by atoms with Crippen molar-refractivity contribution in [1.29, 1.82) is 0 Å². The molecule has 0 unspecified atom stereocenters. The van der Waals surface area contributed by atoms with Gasteiger partial charge in [-0.1, -0.05) is 23.8 Å². The van der Waals surface area contributed by atoms with Gasteiger partial charge in [-0.05, 0) is 37.5 Å². The molecule has 0 bridgehead atoms. The molecule has 0 radical (unpaired) electrons. The van der Waals surface area contributed by atoms with Crippen LogP contribution in [0.2, 0.25) is 5.02 Å². The summed E-state index contributed by atoms with van der Waals surface area (Å²) < 4.78 is 0. The molecule has 1 aliphatic rings. The van der Waals surface area contributed by atoms with Crippen LogP contribution in [0.4, 0.5) is 5.69 Å². The predicted octanol–water partition coefficient (Wildman–Crippen LogP) is 2.33. The van der Waals surface area contributed by atoms with E-state index in [1.807, 2.05) is 12.1 Å². The topological polar surface area (TPSA) is 49.5 Å². The lowest BCUT2D eigenvalue weighted by atomic mass is 9.90. The molecule has 1 aromatic carbocycles. The minimum absolute atomic E-state index is 0.111. The zero-order valence-corrected chi connectivity index (χ0v) is 11.7. The summed E-state index contributed by atoms with van der Waals surface area (Å²) in [5, 5.41) is 9.89. The molecule has 1 aromatic rings. The van der Waals surface area contributed by atoms with Gasteiger partial charge in [0.2, 0.25) is 0 Å². The summed E-state index contributed by atoms with van der Waals surface area (Å²) in [5.41, 5.74) is 7.52. The van der Waals surface area contributed by atoms with Crippen LogP contribution in [0.5, 0.6) is 0 Å². The molecule has 2 rings (SSSR count).